The van der Waals surface area contributed by atoms with Crippen LogP contribution in [0.5, 0.6) is 11.5 Å². The molecule has 2 N–H and O–H groups in total. The van der Waals surface area contributed by atoms with Gasteiger partial charge in [0.05, 0.1) is 0 Å². The van der Waals surface area contributed by atoms with E-state index in [1.165, 1.54) is 65.3 Å². The zero-order valence-corrected chi connectivity index (χ0v) is 33.2. The largest absolute Gasteiger partial charge is 0.489 e. The highest BCUT2D eigenvalue weighted by atomic mass is 16.5. The van der Waals surface area contributed by atoms with Crippen LogP contribution in [0.2, 0.25) is 0 Å². The molecule has 0 radical (unpaired) electrons. The molecule has 9 rings (SSSR count). The lowest BCUT2D eigenvalue weighted by atomic mass is 9.97. The third kappa shape index (κ3) is 9.02. The molecule has 0 spiro atoms. The highest BCUT2D eigenvalue weighted by molar-refractivity contribution is 6.03. The van der Waals surface area contributed by atoms with Gasteiger partial charge in [-0.15, -0.1) is 0 Å². The summed E-state index contributed by atoms with van der Waals surface area (Å²) in [7, 11) is 0. The lowest BCUT2D eigenvalue weighted by molar-refractivity contribution is 0.233. The summed E-state index contributed by atoms with van der Waals surface area (Å²) >= 11 is 0. The summed E-state index contributed by atoms with van der Waals surface area (Å²) in [6, 6.07) is 56.3. The van der Waals surface area contributed by atoms with Crippen LogP contribution in [0.4, 0.5) is 0 Å². The smallest absolute Gasteiger partial charge is 0.119 e. The third-order valence-corrected chi connectivity index (χ3v) is 11.6. The molecule has 0 atom stereocenters. The lowest BCUT2D eigenvalue weighted by Gasteiger charge is -2.27. The van der Waals surface area contributed by atoms with Crippen molar-refractivity contribution in [1.82, 2.24) is 20.4 Å². The van der Waals surface area contributed by atoms with E-state index in [1.807, 2.05) is 0 Å². The summed E-state index contributed by atoms with van der Waals surface area (Å²) in [5, 5.41) is 17.4. The Morgan fingerprint density at radius 2 is 0.690 bits per heavy atom. The monoisotopic (exact) mass is 764 g/mol. The first-order chi connectivity index (χ1) is 28.7. The number of hydrogen-bond donors (Lipinski definition) is 2. The molecule has 0 saturated carbocycles. The molecule has 1 fully saturated rings. The Bertz CT molecular complexity index is 2300. The Morgan fingerprint density at radius 1 is 0.379 bits per heavy atom. The molecular formula is C52H52N4O2. The molecule has 1 aliphatic heterocycles. The number of rotatable bonds is 10. The number of ether oxygens (including phenoxy) is 2. The van der Waals surface area contributed by atoms with Crippen molar-refractivity contribution in [3.63, 3.8) is 0 Å². The molecule has 1 heterocycles. The van der Waals surface area contributed by atoms with Crippen molar-refractivity contribution >= 4 is 43.1 Å². The maximum Gasteiger partial charge on any atom is 0.119 e. The molecule has 6 heteroatoms. The Balaban J connectivity index is 0.747. The first-order valence-corrected chi connectivity index (χ1v) is 20.8. The van der Waals surface area contributed by atoms with E-state index < -0.39 is 0 Å². The quantitative estimate of drug-likeness (QED) is 0.135. The summed E-state index contributed by atoms with van der Waals surface area (Å²) in [6.45, 7) is 10.8. The highest BCUT2D eigenvalue weighted by Gasteiger charge is 2.13. The number of benzene rings is 8. The Kier molecular flexibility index (Phi) is 11.9. The van der Waals surface area contributed by atoms with Crippen molar-refractivity contribution in [2.24, 2.45) is 0 Å². The molecular weight excluding hydrogens is 713 g/mol. The molecule has 58 heavy (non-hydrogen) atoms. The second-order valence-corrected chi connectivity index (χ2v) is 15.5. The summed E-state index contributed by atoms with van der Waals surface area (Å²) in [5.41, 5.74) is 5.09. The fourth-order valence-corrected chi connectivity index (χ4v) is 8.48. The fourth-order valence-electron chi connectivity index (χ4n) is 8.48. The molecule has 1 saturated heterocycles. The number of fused-ring (bicyclic) bond motifs is 4. The zero-order valence-electron chi connectivity index (χ0n) is 33.2. The van der Waals surface area contributed by atoms with Crippen molar-refractivity contribution < 1.29 is 9.47 Å². The van der Waals surface area contributed by atoms with E-state index in [1.54, 1.807) is 0 Å². The van der Waals surface area contributed by atoms with Gasteiger partial charge in [-0.05, 0) is 90.6 Å². The topological polar surface area (TPSA) is 49.0 Å². The summed E-state index contributed by atoms with van der Waals surface area (Å²) in [5.74, 6) is 1.80. The van der Waals surface area contributed by atoms with Crippen LogP contribution in [0, 0.1) is 0 Å². The van der Waals surface area contributed by atoms with Crippen molar-refractivity contribution in [1.29, 1.82) is 0 Å². The van der Waals surface area contributed by atoms with E-state index in [4.69, 9.17) is 9.47 Å². The summed E-state index contributed by atoms with van der Waals surface area (Å²) in [6.07, 6.45) is 0. The molecule has 6 nitrogen and oxygen atoms in total. The van der Waals surface area contributed by atoms with Crippen LogP contribution in [0.3, 0.4) is 0 Å². The molecule has 0 aromatic heterocycles. The standard InChI is InChI=1S/C52H52N4O2/c1-5-13-47-41(9-1)33-42-10-2-6-14-48(42)51(47)37-57-45-21-17-39(18-22-45)35-55-29-25-53-27-31-56(32-28-54-26-30-55)36-40-19-23-46(24-20-40)58-38-52-49-15-7-3-11-43(49)34-44-12-4-8-16-50(44)52/h1-24,33-34,53-54H,25-32,35-38H2. The van der Waals surface area contributed by atoms with Crippen LogP contribution in [0.1, 0.15) is 22.3 Å². The minimum absolute atomic E-state index is 0.536. The van der Waals surface area contributed by atoms with Crippen LogP contribution in [0.25, 0.3) is 43.1 Å². The van der Waals surface area contributed by atoms with Crippen LogP contribution < -0.4 is 20.1 Å². The molecule has 8 aromatic rings. The van der Waals surface area contributed by atoms with Crippen molar-refractivity contribution in [2.45, 2.75) is 26.3 Å². The van der Waals surface area contributed by atoms with Gasteiger partial charge in [-0.2, -0.15) is 0 Å². The van der Waals surface area contributed by atoms with Crippen molar-refractivity contribution in [3.05, 3.63) is 180 Å². The second kappa shape index (κ2) is 18.2. The van der Waals surface area contributed by atoms with Crippen molar-refractivity contribution in [3.8, 4) is 11.5 Å². The molecule has 292 valence electrons. The van der Waals surface area contributed by atoms with E-state index >= 15 is 0 Å². The average Bonchev–Trinajstić information content (AvgIpc) is 3.26. The summed E-state index contributed by atoms with van der Waals surface area (Å²) in [4.78, 5) is 5.09. The Morgan fingerprint density at radius 3 is 1.02 bits per heavy atom. The van der Waals surface area contributed by atoms with Gasteiger partial charge in [0.1, 0.15) is 24.7 Å². The summed E-state index contributed by atoms with van der Waals surface area (Å²) < 4.78 is 12.8. The molecule has 8 aromatic carbocycles. The number of hydrogen-bond acceptors (Lipinski definition) is 6. The number of nitrogens with one attached hydrogen (secondary N) is 2. The first-order valence-electron chi connectivity index (χ1n) is 20.8. The van der Waals surface area contributed by atoms with Crippen LogP contribution in [0.15, 0.2) is 158 Å². The number of nitrogens with zero attached hydrogens (tertiary/aromatic N) is 2. The second-order valence-electron chi connectivity index (χ2n) is 15.5. The van der Waals surface area contributed by atoms with Gasteiger partial charge in [-0.25, -0.2) is 0 Å². The molecule has 1 aliphatic rings. The van der Waals surface area contributed by atoms with E-state index in [0.29, 0.717) is 13.2 Å². The predicted molar refractivity (Wildman–Crippen MR) is 241 cm³/mol. The molecule has 0 amide bonds. The minimum Gasteiger partial charge on any atom is -0.489 e. The molecule has 0 aliphatic carbocycles. The van der Waals surface area contributed by atoms with Crippen LogP contribution >= 0.6 is 0 Å². The highest BCUT2D eigenvalue weighted by Crippen LogP contribution is 2.31. The van der Waals surface area contributed by atoms with Gasteiger partial charge in [0.25, 0.3) is 0 Å². The normalized spacial score (nSPS) is 15.0. The molecule has 0 unspecified atom stereocenters. The predicted octanol–water partition coefficient (Wildman–Crippen LogP) is 9.95. The Hall–Kier alpha value is -5.76. The maximum atomic E-state index is 6.40. The van der Waals surface area contributed by atoms with Gasteiger partial charge in [0.15, 0.2) is 0 Å². The van der Waals surface area contributed by atoms with Gasteiger partial charge in [0, 0.05) is 76.6 Å². The van der Waals surface area contributed by atoms with E-state index in [9.17, 15) is 0 Å². The van der Waals surface area contributed by atoms with Gasteiger partial charge < -0.3 is 20.1 Å². The van der Waals surface area contributed by atoms with Crippen LogP contribution in [-0.4, -0.2) is 62.2 Å². The zero-order chi connectivity index (χ0) is 38.9. The van der Waals surface area contributed by atoms with Gasteiger partial charge in [-0.3, -0.25) is 9.80 Å². The minimum atomic E-state index is 0.536. The fraction of sp³-hybridized carbons (Fsp3) is 0.231. The first kappa shape index (κ1) is 37.8. The van der Waals surface area contributed by atoms with E-state index in [-0.39, 0.29) is 0 Å². The van der Waals surface area contributed by atoms with Gasteiger partial charge in [0.2, 0.25) is 0 Å². The van der Waals surface area contributed by atoms with Gasteiger partial charge in [-0.1, -0.05) is 121 Å². The average molecular weight is 765 g/mol. The van der Waals surface area contributed by atoms with Crippen LogP contribution in [-0.2, 0) is 26.3 Å². The Labute approximate surface area is 342 Å². The maximum absolute atomic E-state index is 6.40. The lowest BCUT2D eigenvalue weighted by Crippen LogP contribution is -2.42. The van der Waals surface area contributed by atoms with Gasteiger partial charge >= 0.3 is 0 Å². The third-order valence-electron chi connectivity index (χ3n) is 11.6. The van der Waals surface area contributed by atoms with E-state index in [2.05, 4.69) is 178 Å². The molecule has 0 bridgehead atoms. The van der Waals surface area contributed by atoms with Crippen molar-refractivity contribution in [2.75, 3.05) is 52.4 Å². The van der Waals surface area contributed by atoms with E-state index in [0.717, 1.165) is 76.9 Å². The SMILES string of the molecule is c1ccc2c(COc3ccc(CN4CCNCCN(Cc5ccc(OCc6c7ccccc7cc7ccccc67)cc5)CCNCC4)cc3)c3ccccc3cc2c1.